The fourth-order valence-electron chi connectivity index (χ4n) is 7.89. The van der Waals surface area contributed by atoms with Crippen LogP contribution in [0.15, 0.2) is 78.0 Å². The number of hydrogen-bond donors (Lipinski definition) is 0. The maximum absolute atomic E-state index is 12.3. The average molecular weight is 888 g/mol. The van der Waals surface area contributed by atoms with Crippen molar-refractivity contribution in [3.8, 4) is 22.8 Å². The van der Waals surface area contributed by atoms with Crippen LogP contribution in [0.1, 0.15) is 16.7 Å². The molecule has 3 aromatic heterocycles. The zero-order chi connectivity index (χ0) is 44.4. The van der Waals surface area contributed by atoms with Gasteiger partial charge in [0, 0.05) is 89.4 Å². The van der Waals surface area contributed by atoms with Gasteiger partial charge in [0.25, 0.3) is 0 Å². The Labute approximate surface area is 374 Å². The van der Waals surface area contributed by atoms with E-state index in [1.54, 1.807) is 22.2 Å². The molecule has 4 saturated heterocycles. The van der Waals surface area contributed by atoms with Crippen LogP contribution in [-0.2, 0) is 37.1 Å². The number of hydrogen-bond acceptors (Lipinski definition) is 13. The number of rotatable bonds is 13. The zero-order valence-electron chi connectivity index (χ0n) is 37.4. The Morgan fingerprint density at radius 2 is 1.31 bits per heavy atom. The number of carbonyl (C=O) groups is 2. The van der Waals surface area contributed by atoms with Crippen LogP contribution in [0.25, 0.3) is 22.2 Å². The van der Waals surface area contributed by atoms with Crippen molar-refractivity contribution in [1.82, 2.24) is 29.5 Å². The summed E-state index contributed by atoms with van der Waals surface area (Å²) in [4.78, 5) is 45.7. The predicted octanol–water partition coefficient (Wildman–Crippen LogP) is 4.96. The summed E-state index contributed by atoms with van der Waals surface area (Å²) < 4.78 is 30.5. The van der Waals surface area contributed by atoms with Crippen molar-refractivity contribution in [2.45, 2.75) is 51.2 Å². The van der Waals surface area contributed by atoms with Crippen molar-refractivity contribution < 1.29 is 33.3 Å². The summed E-state index contributed by atoms with van der Waals surface area (Å²) in [7, 11) is 2.50. The topological polar surface area (TPSA) is 149 Å². The maximum atomic E-state index is 12.3. The van der Waals surface area contributed by atoms with Crippen LogP contribution in [-0.4, -0.2) is 154 Å². The van der Waals surface area contributed by atoms with Crippen molar-refractivity contribution in [2.75, 3.05) is 96.2 Å². The second-order valence-corrected chi connectivity index (χ2v) is 23.8. The van der Waals surface area contributed by atoms with Crippen molar-refractivity contribution in [3.63, 3.8) is 0 Å². The Bertz CT molecular complexity index is 2540. The van der Waals surface area contributed by atoms with Gasteiger partial charge in [-0.25, -0.2) is 14.6 Å². The van der Waals surface area contributed by atoms with Gasteiger partial charge < -0.3 is 43.3 Å². The normalized spacial score (nSPS) is 18.0. The van der Waals surface area contributed by atoms with Gasteiger partial charge in [0.2, 0.25) is 11.8 Å². The summed E-state index contributed by atoms with van der Waals surface area (Å²) >= 11 is 0. The van der Waals surface area contributed by atoms with E-state index in [0.29, 0.717) is 65.9 Å². The molecule has 0 unspecified atom stereocenters. The van der Waals surface area contributed by atoms with Crippen LogP contribution in [0.3, 0.4) is 0 Å². The predicted molar refractivity (Wildman–Crippen MR) is 247 cm³/mol. The van der Waals surface area contributed by atoms with E-state index >= 15 is 0 Å². The van der Waals surface area contributed by atoms with Gasteiger partial charge in [0.15, 0.2) is 0 Å². The van der Waals surface area contributed by atoms with Gasteiger partial charge in [0.05, 0.1) is 57.3 Å². The lowest BCUT2D eigenvalue weighted by Gasteiger charge is -2.32. The third-order valence-corrected chi connectivity index (χ3v) is 13.8. The number of amides is 2. The Morgan fingerprint density at radius 3 is 1.91 bits per heavy atom. The number of nitrogens with zero attached hydrogens (tertiary/aromatic N) is 9. The molecule has 5 aliphatic heterocycles. The van der Waals surface area contributed by atoms with Gasteiger partial charge in [-0.1, -0.05) is 25.7 Å². The van der Waals surface area contributed by atoms with E-state index < -0.39 is 8.07 Å². The Hall–Kier alpha value is -5.88. The molecule has 5 aliphatic rings. The summed E-state index contributed by atoms with van der Waals surface area (Å²) in [6.45, 7) is 15.0. The van der Waals surface area contributed by atoms with Crippen molar-refractivity contribution in [3.05, 3.63) is 89.7 Å². The molecule has 8 heterocycles. The number of benzene rings is 2. The molecule has 2 amide bonds. The van der Waals surface area contributed by atoms with Crippen LogP contribution in [0.2, 0.25) is 25.7 Å². The molecule has 4 fully saturated rings. The highest BCUT2D eigenvalue weighted by molar-refractivity contribution is 6.76. The molecule has 17 heteroatoms. The summed E-state index contributed by atoms with van der Waals surface area (Å²) in [5.41, 5.74) is 7.04. The fraction of sp³-hybridized carbons (Fsp3) is 0.447. The van der Waals surface area contributed by atoms with Gasteiger partial charge in [-0.2, -0.15) is 5.10 Å². The van der Waals surface area contributed by atoms with E-state index in [2.05, 4.69) is 41.7 Å². The van der Waals surface area contributed by atoms with Crippen LogP contribution in [0.5, 0.6) is 11.5 Å². The number of piperazine rings is 2. The van der Waals surface area contributed by atoms with Gasteiger partial charge in [-0.3, -0.25) is 14.6 Å². The number of ether oxygens (including phenoxy) is 5. The fourth-order valence-corrected chi connectivity index (χ4v) is 8.65. The highest BCUT2D eigenvalue weighted by Crippen LogP contribution is 2.34. The molecule has 0 radical (unpaired) electrons. The second-order valence-electron chi connectivity index (χ2n) is 18.2. The summed E-state index contributed by atoms with van der Waals surface area (Å²) in [5, 5.41) is 5.96. The van der Waals surface area contributed by atoms with Crippen LogP contribution in [0, 0.1) is 0 Å². The second kappa shape index (κ2) is 18.7. The van der Waals surface area contributed by atoms with E-state index in [1.165, 1.54) is 5.56 Å². The molecule has 16 nitrogen and oxygen atoms in total. The average Bonchev–Trinajstić information content (AvgIpc) is 3.85. The number of anilines is 2. The van der Waals surface area contributed by atoms with Gasteiger partial charge >= 0.3 is 0 Å². The Balaban J connectivity index is 0.000000167. The minimum atomic E-state index is -1.17. The van der Waals surface area contributed by atoms with E-state index in [-0.39, 0.29) is 24.0 Å². The van der Waals surface area contributed by atoms with Gasteiger partial charge in [0.1, 0.15) is 47.8 Å². The molecule has 0 atom stereocenters. The first-order valence-electron chi connectivity index (χ1n) is 22.1. The van der Waals surface area contributed by atoms with Gasteiger partial charge in [-0.15, -0.1) is 0 Å². The molecule has 64 heavy (non-hydrogen) atoms. The molecule has 0 saturated carbocycles. The number of carbonyl (C=O) groups excluding carboxylic acids is 2. The monoisotopic (exact) mass is 887 g/mol. The largest absolute Gasteiger partial charge is 0.486 e. The SMILES string of the molecule is CN1CCN(c2cc(-c3nn(COCC[Si](C)(C)C)c4ccc(OC5COC5)cc34)ccn2)CC1=O.CN1CCN(c2cc(C3=NCc4ccc(OC5COC5)cc43)ccn2)CC1=O. The molecule has 2 aromatic carbocycles. The highest BCUT2D eigenvalue weighted by atomic mass is 28.3. The number of aliphatic imine (C=N–C) groups is 1. The third-order valence-electron chi connectivity index (χ3n) is 12.1. The molecule has 336 valence electrons. The van der Waals surface area contributed by atoms with E-state index in [1.807, 2.05) is 77.1 Å². The molecular formula is C47H57N9O7Si. The highest BCUT2D eigenvalue weighted by Gasteiger charge is 2.27. The lowest BCUT2D eigenvalue weighted by Crippen LogP contribution is -2.48. The quantitative estimate of drug-likeness (QED) is 0.116. The molecule has 0 N–H and O–H groups in total. The minimum absolute atomic E-state index is 0.0909. The van der Waals surface area contributed by atoms with Crippen LogP contribution < -0.4 is 19.3 Å². The standard InChI is InChI=1S/C26H35N5O4Si.C21H22N4O3/c1-29-9-10-30(15-25(29)32)24-13-19(7-8-27-24)26-22-14-20(35-21-16-34-17-21)5-6-23(22)31(28-26)18-33-11-12-36(2,3)4;1-24-6-7-25(11-20(24)26)19-8-14(4-5-22-19)21-18-9-16(28-17-12-27-13-17)3-2-15(18)10-23-21/h5-8,13-14,21H,9-12,15-18H2,1-4H3;2-5,8-9,17H,6-7,10-13H2,1H3. The molecule has 0 aliphatic carbocycles. The maximum Gasteiger partial charge on any atom is 0.241 e. The van der Waals surface area contributed by atoms with E-state index in [4.69, 9.17) is 33.8 Å². The minimum Gasteiger partial charge on any atom is -0.486 e. The molecule has 10 rings (SSSR count). The van der Waals surface area contributed by atoms with Gasteiger partial charge in [-0.05, 0) is 66.2 Å². The number of likely N-dealkylation sites (N-methyl/N-ethyl adjacent to an activating group) is 2. The lowest BCUT2D eigenvalue weighted by atomic mass is 10.0. The Kier molecular flexibility index (Phi) is 12.7. The number of aromatic nitrogens is 4. The summed E-state index contributed by atoms with van der Waals surface area (Å²) in [6, 6.07) is 21.3. The first kappa shape index (κ1) is 43.4. The number of fused-ring (bicyclic) bond motifs is 2. The van der Waals surface area contributed by atoms with E-state index in [0.717, 1.165) is 87.9 Å². The summed E-state index contributed by atoms with van der Waals surface area (Å²) in [6.07, 6.45) is 3.81. The van der Waals surface area contributed by atoms with Crippen molar-refractivity contribution >= 4 is 48.1 Å². The molecule has 0 bridgehead atoms. The molecular weight excluding hydrogens is 831 g/mol. The third kappa shape index (κ3) is 9.92. The lowest BCUT2D eigenvalue weighted by molar-refractivity contribution is -0.130. The smallest absolute Gasteiger partial charge is 0.241 e. The van der Waals surface area contributed by atoms with E-state index in [9.17, 15) is 9.59 Å². The molecule has 5 aromatic rings. The zero-order valence-corrected chi connectivity index (χ0v) is 38.4. The number of pyridine rings is 2. The van der Waals surface area contributed by atoms with Crippen molar-refractivity contribution in [1.29, 1.82) is 0 Å². The van der Waals surface area contributed by atoms with Crippen molar-refractivity contribution in [2.24, 2.45) is 4.99 Å². The first-order chi connectivity index (χ1) is 30.9. The van der Waals surface area contributed by atoms with Crippen LogP contribution >= 0.6 is 0 Å². The summed E-state index contributed by atoms with van der Waals surface area (Å²) in [5.74, 6) is 3.45. The van der Waals surface area contributed by atoms with Crippen LogP contribution in [0.4, 0.5) is 11.6 Å². The first-order valence-corrected chi connectivity index (χ1v) is 25.8. The Morgan fingerprint density at radius 1 is 0.719 bits per heavy atom. The molecule has 0 spiro atoms.